The van der Waals surface area contributed by atoms with Crippen LogP contribution >= 0.6 is 0 Å². The monoisotopic (exact) mass is 218 g/mol. The van der Waals surface area contributed by atoms with Crippen LogP contribution in [0.3, 0.4) is 0 Å². The third-order valence-electron chi connectivity index (χ3n) is 1.60. The summed E-state index contributed by atoms with van der Waals surface area (Å²) < 4.78 is 25.3. The summed E-state index contributed by atoms with van der Waals surface area (Å²) in [6, 6.07) is 4.99. The van der Waals surface area contributed by atoms with Crippen molar-refractivity contribution in [1.82, 2.24) is 0 Å². The summed E-state index contributed by atoms with van der Waals surface area (Å²) >= 11 is 4.47. The molecule has 0 bridgehead atoms. The number of hydrogen-bond donors (Lipinski definition) is 1. The largest absolute Gasteiger partial charge is 0.495 e. The van der Waals surface area contributed by atoms with Gasteiger partial charge in [-0.3, -0.25) is 0 Å². The average molecular weight is 218 g/mol. The molecule has 0 saturated carbocycles. The van der Waals surface area contributed by atoms with E-state index in [4.69, 9.17) is 4.74 Å². The Morgan fingerprint density at radius 3 is 2.62 bits per heavy atom. The standard InChI is InChI=1S/C8H10O3S2/c1-6-3-4-7(11-2)8(5-6)13(9,10)12/h3-5H,1-2H3,(H,9,10,12). The molecule has 0 aliphatic rings. The zero-order valence-electron chi connectivity index (χ0n) is 7.31. The molecule has 1 aromatic rings. The molecule has 0 aliphatic heterocycles. The van der Waals surface area contributed by atoms with Gasteiger partial charge in [-0.15, -0.1) is 0 Å². The van der Waals surface area contributed by atoms with Crippen LogP contribution in [-0.2, 0) is 20.0 Å². The van der Waals surface area contributed by atoms with Gasteiger partial charge in [-0.2, -0.15) is 0 Å². The van der Waals surface area contributed by atoms with Crippen LogP contribution in [0, 0.1) is 6.92 Å². The van der Waals surface area contributed by atoms with Crippen molar-refractivity contribution in [2.24, 2.45) is 0 Å². The van der Waals surface area contributed by atoms with Crippen LogP contribution in [0.1, 0.15) is 5.56 Å². The van der Waals surface area contributed by atoms with Gasteiger partial charge >= 0.3 is 0 Å². The Labute approximate surface area is 82.2 Å². The Balaban J connectivity index is 3.41. The first-order valence-electron chi connectivity index (χ1n) is 3.57. The first kappa shape index (κ1) is 10.4. The topological polar surface area (TPSA) is 46.5 Å². The molecule has 0 amide bonds. The van der Waals surface area contributed by atoms with Crippen molar-refractivity contribution in [2.45, 2.75) is 11.8 Å². The first-order valence-corrected chi connectivity index (χ1v) is 6.01. The molecule has 0 fully saturated rings. The Kier molecular flexibility index (Phi) is 2.90. The highest BCUT2D eigenvalue weighted by atomic mass is 32.8. The SMILES string of the molecule is COc1ccc(C)cc1S(=O)(O)=S. The number of methoxy groups -OCH3 is 1. The number of aryl methyl sites for hydroxylation is 1. The summed E-state index contributed by atoms with van der Waals surface area (Å²) in [5.41, 5.74) is 0.877. The number of benzene rings is 1. The van der Waals surface area contributed by atoms with Crippen molar-refractivity contribution in [1.29, 1.82) is 0 Å². The minimum Gasteiger partial charge on any atom is -0.495 e. The van der Waals surface area contributed by atoms with Gasteiger partial charge in [0, 0.05) is 11.2 Å². The first-order chi connectivity index (χ1) is 5.95. The molecule has 1 N–H and O–H groups in total. The van der Waals surface area contributed by atoms with E-state index < -0.39 is 8.77 Å². The van der Waals surface area contributed by atoms with E-state index >= 15 is 0 Å². The van der Waals surface area contributed by atoms with E-state index in [2.05, 4.69) is 11.2 Å². The minimum atomic E-state index is -3.36. The van der Waals surface area contributed by atoms with Crippen LogP contribution in [0.15, 0.2) is 23.1 Å². The highest BCUT2D eigenvalue weighted by molar-refractivity contribution is 8.29. The van der Waals surface area contributed by atoms with Crippen LogP contribution in [-0.4, -0.2) is 15.9 Å². The lowest BCUT2D eigenvalue weighted by Crippen LogP contribution is -2.00. The maximum atomic E-state index is 11.2. The Hall–Kier alpha value is -0.650. The molecule has 1 rings (SSSR count). The van der Waals surface area contributed by atoms with Crippen molar-refractivity contribution in [3.05, 3.63) is 23.8 Å². The fourth-order valence-corrected chi connectivity index (χ4v) is 2.12. The molecule has 0 aromatic heterocycles. The molecule has 72 valence electrons. The van der Waals surface area contributed by atoms with Crippen LogP contribution in [0.4, 0.5) is 0 Å². The number of hydrogen-bond acceptors (Lipinski definition) is 3. The predicted octanol–water partition coefficient (Wildman–Crippen LogP) is 1.58. The molecule has 0 heterocycles. The summed E-state index contributed by atoms with van der Waals surface area (Å²) in [5, 5.41) is 0. The van der Waals surface area contributed by atoms with Gasteiger partial charge in [0.2, 0.25) is 0 Å². The third-order valence-corrected chi connectivity index (χ3v) is 3.01. The van der Waals surface area contributed by atoms with Gasteiger partial charge in [-0.1, -0.05) is 6.07 Å². The van der Waals surface area contributed by atoms with E-state index in [1.165, 1.54) is 7.11 Å². The lowest BCUT2D eigenvalue weighted by molar-refractivity contribution is 0.401. The predicted molar refractivity (Wildman–Crippen MR) is 54.1 cm³/mol. The van der Waals surface area contributed by atoms with Crippen LogP contribution in [0.25, 0.3) is 0 Å². The Morgan fingerprint density at radius 2 is 2.15 bits per heavy atom. The normalized spacial score (nSPS) is 15.0. The van der Waals surface area contributed by atoms with E-state index in [-0.39, 0.29) is 4.90 Å². The van der Waals surface area contributed by atoms with E-state index in [0.717, 1.165) is 5.56 Å². The van der Waals surface area contributed by atoms with Crippen molar-refractivity contribution in [3.8, 4) is 5.75 Å². The second-order valence-electron chi connectivity index (χ2n) is 2.63. The molecule has 0 radical (unpaired) electrons. The molecule has 0 aliphatic carbocycles. The fourth-order valence-electron chi connectivity index (χ4n) is 0.986. The zero-order valence-corrected chi connectivity index (χ0v) is 8.95. The molecule has 5 heteroatoms. The number of ether oxygens (including phenoxy) is 1. The molecule has 0 spiro atoms. The number of rotatable bonds is 2. The lowest BCUT2D eigenvalue weighted by atomic mass is 10.2. The molecular weight excluding hydrogens is 208 g/mol. The maximum Gasteiger partial charge on any atom is 0.174 e. The van der Waals surface area contributed by atoms with Gasteiger partial charge in [-0.25, -0.2) is 4.21 Å². The summed E-state index contributed by atoms with van der Waals surface area (Å²) in [4.78, 5) is 0.171. The van der Waals surface area contributed by atoms with Crippen molar-refractivity contribution < 1.29 is 13.5 Å². The molecule has 13 heavy (non-hydrogen) atoms. The third kappa shape index (κ3) is 2.40. The van der Waals surface area contributed by atoms with E-state index in [0.29, 0.717) is 5.75 Å². The maximum absolute atomic E-state index is 11.2. The van der Waals surface area contributed by atoms with Crippen molar-refractivity contribution in [2.75, 3.05) is 7.11 Å². The van der Waals surface area contributed by atoms with Gasteiger partial charge < -0.3 is 9.29 Å². The average Bonchev–Trinajstić information content (AvgIpc) is 2.03. The van der Waals surface area contributed by atoms with E-state index in [1.807, 2.05) is 6.92 Å². The highest BCUT2D eigenvalue weighted by Gasteiger charge is 2.12. The lowest BCUT2D eigenvalue weighted by Gasteiger charge is -2.07. The van der Waals surface area contributed by atoms with Crippen LogP contribution in [0.2, 0.25) is 0 Å². The van der Waals surface area contributed by atoms with Crippen molar-refractivity contribution >= 4 is 20.0 Å². The zero-order chi connectivity index (χ0) is 10.1. The van der Waals surface area contributed by atoms with Gasteiger partial charge in [0.25, 0.3) is 0 Å². The van der Waals surface area contributed by atoms with Gasteiger partial charge in [0.1, 0.15) is 10.6 Å². The second kappa shape index (κ2) is 3.61. The second-order valence-corrected chi connectivity index (χ2v) is 5.37. The molecular formula is C8H10O3S2. The van der Waals surface area contributed by atoms with Gasteiger partial charge in [0.05, 0.1) is 7.11 Å². The van der Waals surface area contributed by atoms with Gasteiger partial charge in [0.15, 0.2) is 8.77 Å². The van der Waals surface area contributed by atoms with E-state index in [9.17, 15) is 8.76 Å². The summed E-state index contributed by atoms with van der Waals surface area (Å²) in [7, 11) is -1.92. The summed E-state index contributed by atoms with van der Waals surface area (Å²) in [6.07, 6.45) is 0. The molecule has 1 aromatic carbocycles. The van der Waals surface area contributed by atoms with Crippen LogP contribution < -0.4 is 4.74 Å². The smallest absolute Gasteiger partial charge is 0.174 e. The minimum absolute atomic E-state index is 0.171. The van der Waals surface area contributed by atoms with Gasteiger partial charge in [-0.05, 0) is 24.6 Å². The molecule has 1 unspecified atom stereocenters. The van der Waals surface area contributed by atoms with E-state index in [1.54, 1.807) is 18.2 Å². The highest BCUT2D eigenvalue weighted by Crippen LogP contribution is 2.24. The Morgan fingerprint density at radius 1 is 1.54 bits per heavy atom. The Bertz CT molecular complexity index is 409. The summed E-state index contributed by atoms with van der Waals surface area (Å²) in [5.74, 6) is 0.355. The summed E-state index contributed by atoms with van der Waals surface area (Å²) in [6.45, 7) is 1.82. The molecule has 0 saturated heterocycles. The fraction of sp³-hybridized carbons (Fsp3) is 0.250. The molecule has 1 atom stereocenters. The molecule has 3 nitrogen and oxygen atoms in total. The van der Waals surface area contributed by atoms with Crippen molar-refractivity contribution in [3.63, 3.8) is 0 Å². The quantitative estimate of drug-likeness (QED) is 0.818. The van der Waals surface area contributed by atoms with Crippen LogP contribution in [0.5, 0.6) is 5.75 Å².